The van der Waals surface area contributed by atoms with Gasteiger partial charge in [-0.25, -0.2) is 9.37 Å². The number of thiazole rings is 1. The second-order valence-corrected chi connectivity index (χ2v) is 6.78. The van der Waals surface area contributed by atoms with Gasteiger partial charge >= 0.3 is 0 Å². The molecule has 0 spiro atoms. The molecule has 0 fully saturated rings. The summed E-state index contributed by atoms with van der Waals surface area (Å²) in [5, 5.41) is 3.70. The third-order valence-corrected chi connectivity index (χ3v) is 4.88. The number of hydrogen-bond donors (Lipinski definition) is 1. The van der Waals surface area contributed by atoms with Gasteiger partial charge in [0.15, 0.2) is 0 Å². The normalized spacial score (nSPS) is 12.5. The first kappa shape index (κ1) is 16.5. The molecule has 1 unspecified atom stereocenters. The van der Waals surface area contributed by atoms with E-state index in [-0.39, 0.29) is 17.8 Å². The van der Waals surface area contributed by atoms with Crippen LogP contribution < -0.4 is 5.32 Å². The quantitative estimate of drug-likeness (QED) is 0.764. The Morgan fingerprint density at radius 1 is 1.29 bits per heavy atom. The van der Waals surface area contributed by atoms with Crippen LogP contribution >= 0.6 is 11.3 Å². The van der Waals surface area contributed by atoms with Crippen molar-refractivity contribution >= 4 is 33.1 Å². The van der Waals surface area contributed by atoms with E-state index in [1.807, 2.05) is 43.1 Å². The summed E-state index contributed by atoms with van der Waals surface area (Å²) < 4.78 is 14.3. The Morgan fingerprint density at radius 2 is 2.08 bits per heavy atom. The fourth-order valence-corrected chi connectivity index (χ4v) is 3.38. The van der Waals surface area contributed by atoms with Gasteiger partial charge in [-0.15, -0.1) is 11.3 Å². The molecule has 0 saturated heterocycles. The lowest BCUT2D eigenvalue weighted by molar-refractivity contribution is -0.120. The van der Waals surface area contributed by atoms with E-state index >= 15 is 0 Å². The minimum atomic E-state index is -0.372. The summed E-state index contributed by atoms with van der Waals surface area (Å²) >= 11 is 1.63. The van der Waals surface area contributed by atoms with Crippen molar-refractivity contribution in [3.8, 4) is 0 Å². The Bertz CT molecular complexity index is 831. The summed E-state index contributed by atoms with van der Waals surface area (Å²) in [5.74, 6) is -0.549. The largest absolute Gasteiger partial charge is 0.325 e. The average molecular weight is 343 g/mol. The number of para-hydroxylation sites is 1. The number of rotatable bonds is 5. The molecular formula is C18H18FN3OS. The topological polar surface area (TPSA) is 45.2 Å². The molecule has 124 valence electrons. The van der Waals surface area contributed by atoms with Crippen LogP contribution in [0.25, 0.3) is 10.2 Å². The molecule has 0 radical (unpaired) electrons. The maximum Gasteiger partial charge on any atom is 0.241 e. The molecule has 1 amide bonds. The van der Waals surface area contributed by atoms with Crippen molar-refractivity contribution in [2.45, 2.75) is 19.5 Å². The van der Waals surface area contributed by atoms with Crippen molar-refractivity contribution in [2.24, 2.45) is 0 Å². The number of amides is 1. The summed E-state index contributed by atoms with van der Waals surface area (Å²) in [6.45, 7) is 2.40. The average Bonchev–Trinajstić information content (AvgIpc) is 2.96. The number of benzene rings is 2. The fourth-order valence-electron chi connectivity index (χ4n) is 2.35. The lowest BCUT2D eigenvalue weighted by Gasteiger charge is -2.22. The zero-order valence-electron chi connectivity index (χ0n) is 13.5. The van der Waals surface area contributed by atoms with E-state index in [2.05, 4.69) is 10.3 Å². The van der Waals surface area contributed by atoms with Crippen LogP contribution in [0.2, 0.25) is 0 Å². The Hall–Kier alpha value is -2.31. The van der Waals surface area contributed by atoms with Crippen LogP contribution in [0.1, 0.15) is 11.9 Å². The number of anilines is 1. The summed E-state index contributed by atoms with van der Waals surface area (Å²) in [4.78, 5) is 18.8. The molecule has 0 aliphatic carbocycles. The predicted octanol–water partition coefficient (Wildman–Crippen LogP) is 3.89. The molecule has 1 heterocycles. The highest BCUT2D eigenvalue weighted by Crippen LogP contribution is 2.23. The molecule has 2 aromatic carbocycles. The molecule has 6 heteroatoms. The highest BCUT2D eigenvalue weighted by atomic mass is 32.1. The number of hydrogen-bond acceptors (Lipinski definition) is 4. The van der Waals surface area contributed by atoms with E-state index in [0.29, 0.717) is 12.2 Å². The third kappa shape index (κ3) is 3.77. The smallest absolute Gasteiger partial charge is 0.241 e. The lowest BCUT2D eigenvalue weighted by atomic mass is 10.2. The fraction of sp³-hybridized carbons (Fsp3) is 0.222. The van der Waals surface area contributed by atoms with Crippen LogP contribution in [-0.2, 0) is 11.3 Å². The summed E-state index contributed by atoms with van der Waals surface area (Å²) in [6, 6.07) is 13.5. The van der Waals surface area contributed by atoms with Gasteiger partial charge in [-0.3, -0.25) is 9.69 Å². The van der Waals surface area contributed by atoms with Crippen molar-refractivity contribution in [2.75, 3.05) is 12.4 Å². The van der Waals surface area contributed by atoms with Gasteiger partial charge in [-0.1, -0.05) is 18.2 Å². The van der Waals surface area contributed by atoms with E-state index < -0.39 is 0 Å². The zero-order chi connectivity index (χ0) is 17.1. The third-order valence-electron chi connectivity index (χ3n) is 3.86. The highest BCUT2D eigenvalue weighted by Gasteiger charge is 2.19. The molecule has 4 nitrogen and oxygen atoms in total. The van der Waals surface area contributed by atoms with Crippen molar-refractivity contribution in [3.63, 3.8) is 0 Å². The van der Waals surface area contributed by atoms with Gasteiger partial charge in [0.1, 0.15) is 10.8 Å². The van der Waals surface area contributed by atoms with Crippen molar-refractivity contribution in [1.29, 1.82) is 0 Å². The molecule has 0 aliphatic heterocycles. The molecule has 1 N–H and O–H groups in total. The number of aromatic nitrogens is 1. The number of likely N-dealkylation sites (N-methyl/N-ethyl adjacent to an activating group) is 1. The highest BCUT2D eigenvalue weighted by molar-refractivity contribution is 7.18. The first-order chi connectivity index (χ1) is 11.5. The first-order valence-electron chi connectivity index (χ1n) is 7.64. The van der Waals surface area contributed by atoms with Gasteiger partial charge in [-0.05, 0) is 44.3 Å². The monoisotopic (exact) mass is 343 g/mol. The van der Waals surface area contributed by atoms with Crippen LogP contribution in [-0.4, -0.2) is 28.9 Å². The molecule has 0 aliphatic rings. The van der Waals surface area contributed by atoms with Crippen LogP contribution in [0, 0.1) is 5.82 Å². The Morgan fingerprint density at radius 3 is 2.83 bits per heavy atom. The van der Waals surface area contributed by atoms with Gasteiger partial charge < -0.3 is 5.32 Å². The standard InChI is InChI=1S/C18H18FN3OS/c1-12(18(23)20-14-7-5-6-13(19)10-14)22(2)11-17-21-15-8-3-4-9-16(15)24-17/h3-10,12H,11H2,1-2H3,(H,20,23). The number of halogens is 1. The molecule has 0 bridgehead atoms. The van der Waals surface area contributed by atoms with Gasteiger partial charge in [0.2, 0.25) is 5.91 Å². The summed E-state index contributed by atoms with van der Waals surface area (Å²) in [7, 11) is 1.88. The summed E-state index contributed by atoms with van der Waals surface area (Å²) in [6.07, 6.45) is 0. The Kier molecular flexibility index (Phi) is 4.87. The molecule has 1 aromatic heterocycles. The van der Waals surface area contributed by atoms with E-state index in [1.165, 1.54) is 12.1 Å². The predicted molar refractivity (Wildman–Crippen MR) is 95.6 cm³/mol. The second-order valence-electron chi connectivity index (χ2n) is 5.67. The number of carbonyl (C=O) groups is 1. The van der Waals surface area contributed by atoms with Crippen LogP contribution in [0.4, 0.5) is 10.1 Å². The Labute approximate surface area is 143 Å². The maximum atomic E-state index is 13.2. The molecule has 3 rings (SSSR count). The van der Waals surface area contributed by atoms with E-state index in [0.717, 1.165) is 15.2 Å². The van der Waals surface area contributed by atoms with Crippen LogP contribution in [0.15, 0.2) is 48.5 Å². The van der Waals surface area contributed by atoms with Crippen LogP contribution in [0.3, 0.4) is 0 Å². The van der Waals surface area contributed by atoms with Crippen molar-refractivity contribution in [3.05, 3.63) is 59.4 Å². The maximum absolute atomic E-state index is 13.2. The zero-order valence-corrected chi connectivity index (χ0v) is 14.3. The first-order valence-corrected chi connectivity index (χ1v) is 8.46. The molecule has 3 aromatic rings. The van der Waals surface area contributed by atoms with E-state index in [9.17, 15) is 9.18 Å². The number of fused-ring (bicyclic) bond motifs is 1. The molecule has 24 heavy (non-hydrogen) atoms. The van der Waals surface area contributed by atoms with Crippen molar-refractivity contribution in [1.82, 2.24) is 9.88 Å². The number of nitrogens with zero attached hydrogens (tertiary/aromatic N) is 2. The summed E-state index contributed by atoms with van der Waals surface area (Å²) in [5.41, 5.74) is 1.43. The number of carbonyl (C=O) groups excluding carboxylic acids is 1. The van der Waals surface area contributed by atoms with E-state index in [4.69, 9.17) is 0 Å². The lowest BCUT2D eigenvalue weighted by Crippen LogP contribution is -2.39. The molecule has 0 saturated carbocycles. The molecular weight excluding hydrogens is 325 g/mol. The molecule has 1 atom stereocenters. The SMILES string of the molecule is CC(C(=O)Nc1cccc(F)c1)N(C)Cc1nc2ccccc2s1. The van der Waals surface area contributed by atoms with Gasteiger partial charge in [0, 0.05) is 5.69 Å². The minimum absolute atomic E-state index is 0.177. The van der Waals surface area contributed by atoms with Gasteiger partial charge in [-0.2, -0.15) is 0 Å². The minimum Gasteiger partial charge on any atom is -0.325 e. The van der Waals surface area contributed by atoms with Crippen molar-refractivity contribution < 1.29 is 9.18 Å². The van der Waals surface area contributed by atoms with Gasteiger partial charge in [0.25, 0.3) is 0 Å². The number of nitrogens with one attached hydrogen (secondary N) is 1. The second kappa shape index (κ2) is 7.07. The Balaban J connectivity index is 1.65. The van der Waals surface area contributed by atoms with Crippen LogP contribution in [0.5, 0.6) is 0 Å². The van der Waals surface area contributed by atoms with Gasteiger partial charge in [0.05, 0.1) is 22.8 Å². The van der Waals surface area contributed by atoms with E-state index in [1.54, 1.807) is 23.5 Å².